The van der Waals surface area contributed by atoms with Crippen LogP contribution in [0.3, 0.4) is 0 Å². The topological polar surface area (TPSA) is 94.9 Å². The van der Waals surface area contributed by atoms with Crippen LogP contribution in [0.4, 0.5) is 0 Å². The maximum absolute atomic E-state index is 11.4. The molecule has 0 spiro atoms. The van der Waals surface area contributed by atoms with Crippen molar-refractivity contribution < 1.29 is 4.79 Å². The first-order valence-electron chi connectivity index (χ1n) is 6.54. The summed E-state index contributed by atoms with van der Waals surface area (Å²) < 4.78 is 0. The minimum absolute atomic E-state index is 0.128. The molecule has 2 aromatic carbocycles. The van der Waals surface area contributed by atoms with Crippen LogP contribution >= 0.6 is 0 Å². The zero-order chi connectivity index (χ0) is 14.8. The van der Waals surface area contributed by atoms with Crippen LogP contribution in [0.2, 0.25) is 0 Å². The fraction of sp³-hybridized carbons (Fsp3) is 0.0625. The second-order valence-electron chi connectivity index (χ2n) is 4.68. The number of hydrogen-bond donors (Lipinski definition) is 2. The molecule has 0 atom stereocenters. The molecule has 0 aliphatic rings. The van der Waals surface area contributed by atoms with Gasteiger partial charge in [-0.1, -0.05) is 36.4 Å². The van der Waals surface area contributed by atoms with Gasteiger partial charge in [0.25, 0.3) is 5.91 Å². The lowest BCUT2D eigenvalue weighted by molar-refractivity contribution is 0.0994. The highest BCUT2D eigenvalue weighted by Crippen LogP contribution is 2.23. The van der Waals surface area contributed by atoms with Crippen molar-refractivity contribution in [2.24, 2.45) is 11.5 Å². The summed E-state index contributed by atoms with van der Waals surface area (Å²) in [7, 11) is 0. The standard InChI is InChI=1S/C16H14N4O/c17-8-13-15(16(18)21)20-14(9-19-13)12-6-5-10-3-1-2-4-11(10)7-12/h1-7,9H,8,17H2,(H2,18,21). The van der Waals surface area contributed by atoms with Crippen LogP contribution < -0.4 is 11.5 Å². The molecule has 104 valence electrons. The first-order valence-corrected chi connectivity index (χ1v) is 6.54. The Labute approximate surface area is 121 Å². The Morgan fingerprint density at radius 3 is 2.57 bits per heavy atom. The van der Waals surface area contributed by atoms with E-state index >= 15 is 0 Å². The fourth-order valence-electron chi connectivity index (χ4n) is 2.25. The third kappa shape index (κ3) is 2.46. The Kier molecular flexibility index (Phi) is 3.33. The predicted molar refractivity (Wildman–Crippen MR) is 81.4 cm³/mol. The van der Waals surface area contributed by atoms with Gasteiger partial charge in [-0.25, -0.2) is 4.98 Å². The molecule has 21 heavy (non-hydrogen) atoms. The lowest BCUT2D eigenvalue weighted by Gasteiger charge is -2.07. The summed E-state index contributed by atoms with van der Waals surface area (Å²) in [6.45, 7) is 0.128. The number of hydrogen-bond acceptors (Lipinski definition) is 4. The number of carbonyl (C=O) groups is 1. The van der Waals surface area contributed by atoms with Crippen molar-refractivity contribution in [3.8, 4) is 11.3 Å². The molecule has 0 saturated heterocycles. The molecule has 0 bridgehead atoms. The molecule has 1 amide bonds. The van der Waals surface area contributed by atoms with E-state index in [-0.39, 0.29) is 12.2 Å². The van der Waals surface area contributed by atoms with E-state index in [1.807, 2.05) is 42.5 Å². The molecule has 4 N–H and O–H groups in total. The van der Waals surface area contributed by atoms with E-state index in [1.165, 1.54) is 0 Å². The van der Waals surface area contributed by atoms with E-state index in [0.717, 1.165) is 16.3 Å². The van der Waals surface area contributed by atoms with Crippen molar-refractivity contribution in [2.75, 3.05) is 0 Å². The van der Waals surface area contributed by atoms with Crippen molar-refractivity contribution in [3.05, 3.63) is 60.0 Å². The van der Waals surface area contributed by atoms with Gasteiger partial charge in [0, 0.05) is 12.1 Å². The number of carbonyl (C=O) groups excluding carboxylic acids is 1. The predicted octanol–water partition coefficient (Wildman–Crippen LogP) is 1.85. The zero-order valence-electron chi connectivity index (χ0n) is 11.3. The van der Waals surface area contributed by atoms with Crippen LogP contribution in [0.15, 0.2) is 48.7 Å². The monoisotopic (exact) mass is 278 g/mol. The molecular weight excluding hydrogens is 264 g/mol. The van der Waals surface area contributed by atoms with Gasteiger partial charge in [0.15, 0.2) is 5.69 Å². The molecule has 0 saturated carbocycles. The third-order valence-electron chi connectivity index (χ3n) is 3.32. The number of amides is 1. The van der Waals surface area contributed by atoms with Gasteiger partial charge >= 0.3 is 0 Å². The summed E-state index contributed by atoms with van der Waals surface area (Å²) in [5.74, 6) is -0.620. The Morgan fingerprint density at radius 2 is 1.86 bits per heavy atom. The molecule has 0 fully saturated rings. The van der Waals surface area contributed by atoms with Crippen LogP contribution in [0.5, 0.6) is 0 Å². The lowest BCUT2D eigenvalue weighted by atomic mass is 10.1. The molecule has 1 heterocycles. The quantitative estimate of drug-likeness (QED) is 0.764. The van der Waals surface area contributed by atoms with E-state index in [4.69, 9.17) is 11.5 Å². The van der Waals surface area contributed by atoms with Gasteiger partial charge in [0.2, 0.25) is 0 Å². The van der Waals surface area contributed by atoms with Crippen molar-refractivity contribution in [1.82, 2.24) is 9.97 Å². The van der Waals surface area contributed by atoms with Gasteiger partial charge in [0.1, 0.15) is 0 Å². The summed E-state index contributed by atoms with van der Waals surface area (Å²) in [6.07, 6.45) is 1.61. The minimum atomic E-state index is -0.620. The Balaban J connectivity index is 2.13. The Bertz CT molecular complexity index is 829. The van der Waals surface area contributed by atoms with Crippen molar-refractivity contribution in [3.63, 3.8) is 0 Å². The summed E-state index contributed by atoms with van der Waals surface area (Å²) in [4.78, 5) is 19.9. The molecule has 0 radical (unpaired) electrons. The molecular formula is C16H14N4O. The van der Waals surface area contributed by atoms with Gasteiger partial charge in [-0.2, -0.15) is 0 Å². The molecule has 5 nitrogen and oxygen atoms in total. The zero-order valence-corrected chi connectivity index (χ0v) is 11.3. The van der Waals surface area contributed by atoms with E-state index in [0.29, 0.717) is 11.4 Å². The Hall–Kier alpha value is -2.79. The SMILES string of the molecule is NCc1ncc(-c2ccc3ccccc3c2)nc1C(N)=O. The number of nitrogens with two attached hydrogens (primary N) is 2. The summed E-state index contributed by atoms with van der Waals surface area (Å²) >= 11 is 0. The maximum Gasteiger partial charge on any atom is 0.269 e. The average molecular weight is 278 g/mol. The first-order chi connectivity index (χ1) is 10.2. The van der Waals surface area contributed by atoms with Gasteiger partial charge in [-0.05, 0) is 16.8 Å². The average Bonchev–Trinajstić information content (AvgIpc) is 2.53. The van der Waals surface area contributed by atoms with E-state index < -0.39 is 5.91 Å². The molecule has 1 aromatic heterocycles. The number of fused-ring (bicyclic) bond motifs is 1. The van der Waals surface area contributed by atoms with Crippen LogP contribution in [0, 0.1) is 0 Å². The molecule has 5 heteroatoms. The highest BCUT2D eigenvalue weighted by Gasteiger charge is 2.12. The van der Waals surface area contributed by atoms with Crippen LogP contribution in [-0.4, -0.2) is 15.9 Å². The second-order valence-corrected chi connectivity index (χ2v) is 4.68. The summed E-state index contributed by atoms with van der Waals surface area (Å²) in [5.41, 5.74) is 12.9. The van der Waals surface area contributed by atoms with Crippen molar-refractivity contribution in [2.45, 2.75) is 6.54 Å². The minimum Gasteiger partial charge on any atom is -0.364 e. The number of nitrogens with zero attached hydrogens (tertiary/aromatic N) is 2. The number of rotatable bonds is 3. The molecule has 0 aliphatic carbocycles. The lowest BCUT2D eigenvalue weighted by Crippen LogP contribution is -2.19. The highest BCUT2D eigenvalue weighted by atomic mass is 16.1. The smallest absolute Gasteiger partial charge is 0.269 e. The highest BCUT2D eigenvalue weighted by molar-refractivity contribution is 5.93. The van der Waals surface area contributed by atoms with E-state index in [1.54, 1.807) is 6.20 Å². The van der Waals surface area contributed by atoms with Crippen LogP contribution in [-0.2, 0) is 6.54 Å². The maximum atomic E-state index is 11.4. The van der Waals surface area contributed by atoms with E-state index in [9.17, 15) is 4.79 Å². The van der Waals surface area contributed by atoms with Gasteiger partial charge in [0.05, 0.1) is 17.6 Å². The molecule has 0 aliphatic heterocycles. The summed E-state index contributed by atoms with van der Waals surface area (Å²) in [5, 5.41) is 2.24. The second kappa shape index (κ2) is 5.30. The normalized spacial score (nSPS) is 10.7. The fourth-order valence-corrected chi connectivity index (χ4v) is 2.25. The third-order valence-corrected chi connectivity index (χ3v) is 3.32. The first kappa shape index (κ1) is 13.2. The Morgan fingerprint density at radius 1 is 1.10 bits per heavy atom. The van der Waals surface area contributed by atoms with Gasteiger partial charge in [-0.3, -0.25) is 9.78 Å². The van der Waals surface area contributed by atoms with Crippen molar-refractivity contribution >= 4 is 16.7 Å². The molecule has 3 aromatic rings. The van der Waals surface area contributed by atoms with Gasteiger partial charge < -0.3 is 11.5 Å². The number of aromatic nitrogens is 2. The molecule has 0 unspecified atom stereocenters. The van der Waals surface area contributed by atoms with Crippen LogP contribution in [0.25, 0.3) is 22.0 Å². The number of primary amides is 1. The van der Waals surface area contributed by atoms with Crippen LogP contribution in [0.1, 0.15) is 16.2 Å². The largest absolute Gasteiger partial charge is 0.364 e. The van der Waals surface area contributed by atoms with Gasteiger partial charge in [-0.15, -0.1) is 0 Å². The molecule has 3 rings (SSSR count). The van der Waals surface area contributed by atoms with Crippen molar-refractivity contribution in [1.29, 1.82) is 0 Å². The number of benzene rings is 2. The summed E-state index contributed by atoms with van der Waals surface area (Å²) in [6, 6.07) is 14.0. The van der Waals surface area contributed by atoms with E-state index in [2.05, 4.69) is 9.97 Å².